The molecular formula is C19H30O4. The van der Waals surface area contributed by atoms with Crippen molar-refractivity contribution in [3.8, 4) is 0 Å². The van der Waals surface area contributed by atoms with Gasteiger partial charge in [-0.05, 0) is 39.0 Å². The SMILES string of the molecule is CC1C2OC(=O)C3CCCCC3C2CC2C1OC(C)(C)C[C@H]2O. The number of esters is 1. The Labute approximate surface area is 138 Å². The molecule has 130 valence electrons. The lowest BCUT2D eigenvalue weighted by Gasteiger charge is -2.56. The average Bonchev–Trinajstić information content (AvgIpc) is 2.49. The van der Waals surface area contributed by atoms with Crippen LogP contribution in [0.15, 0.2) is 0 Å². The fraction of sp³-hybridized carbons (Fsp3) is 0.947. The lowest BCUT2D eigenvalue weighted by atomic mass is 9.58. The lowest BCUT2D eigenvalue weighted by molar-refractivity contribution is -0.249. The summed E-state index contributed by atoms with van der Waals surface area (Å²) in [7, 11) is 0. The molecule has 0 aromatic carbocycles. The first-order valence-electron chi connectivity index (χ1n) is 9.44. The van der Waals surface area contributed by atoms with Gasteiger partial charge in [-0.3, -0.25) is 4.79 Å². The molecule has 0 spiro atoms. The van der Waals surface area contributed by atoms with Gasteiger partial charge in [0.1, 0.15) is 6.10 Å². The summed E-state index contributed by atoms with van der Waals surface area (Å²) in [6, 6.07) is 0. The van der Waals surface area contributed by atoms with Gasteiger partial charge in [-0.15, -0.1) is 0 Å². The highest BCUT2D eigenvalue weighted by Crippen LogP contribution is 2.53. The van der Waals surface area contributed by atoms with Crippen LogP contribution in [0, 0.1) is 29.6 Å². The quantitative estimate of drug-likeness (QED) is 0.697. The van der Waals surface area contributed by atoms with Crippen LogP contribution in [0.5, 0.6) is 0 Å². The first-order valence-corrected chi connectivity index (χ1v) is 9.44. The van der Waals surface area contributed by atoms with E-state index >= 15 is 0 Å². The largest absolute Gasteiger partial charge is 0.461 e. The zero-order valence-electron chi connectivity index (χ0n) is 14.5. The van der Waals surface area contributed by atoms with Crippen molar-refractivity contribution in [2.24, 2.45) is 29.6 Å². The number of hydrogen-bond donors (Lipinski definition) is 1. The van der Waals surface area contributed by atoms with E-state index in [9.17, 15) is 9.90 Å². The van der Waals surface area contributed by atoms with Crippen LogP contribution in [0.4, 0.5) is 0 Å². The maximum absolute atomic E-state index is 12.5. The lowest BCUT2D eigenvalue weighted by Crippen LogP contribution is -2.62. The number of rotatable bonds is 0. The number of ether oxygens (including phenoxy) is 2. The smallest absolute Gasteiger partial charge is 0.309 e. The summed E-state index contributed by atoms with van der Waals surface area (Å²) < 4.78 is 12.3. The minimum Gasteiger partial charge on any atom is -0.461 e. The van der Waals surface area contributed by atoms with Crippen LogP contribution in [0.3, 0.4) is 0 Å². The second-order valence-corrected chi connectivity index (χ2v) is 8.99. The van der Waals surface area contributed by atoms with Crippen molar-refractivity contribution in [3.63, 3.8) is 0 Å². The third-order valence-electron chi connectivity index (χ3n) is 7.00. The van der Waals surface area contributed by atoms with E-state index in [1.807, 2.05) is 0 Å². The van der Waals surface area contributed by atoms with E-state index in [-0.39, 0.29) is 47.6 Å². The van der Waals surface area contributed by atoms with Gasteiger partial charge in [-0.2, -0.15) is 0 Å². The fourth-order valence-corrected chi connectivity index (χ4v) is 5.99. The summed E-state index contributed by atoms with van der Waals surface area (Å²) in [6.45, 7) is 6.25. The zero-order chi connectivity index (χ0) is 16.4. The van der Waals surface area contributed by atoms with Crippen molar-refractivity contribution in [1.29, 1.82) is 0 Å². The zero-order valence-corrected chi connectivity index (χ0v) is 14.5. The van der Waals surface area contributed by atoms with Crippen LogP contribution >= 0.6 is 0 Å². The molecule has 2 aliphatic carbocycles. The van der Waals surface area contributed by atoms with Gasteiger partial charge in [0.25, 0.3) is 0 Å². The van der Waals surface area contributed by atoms with Gasteiger partial charge in [-0.1, -0.05) is 19.8 Å². The van der Waals surface area contributed by atoms with Gasteiger partial charge in [0.2, 0.25) is 0 Å². The maximum Gasteiger partial charge on any atom is 0.309 e. The van der Waals surface area contributed by atoms with Crippen molar-refractivity contribution >= 4 is 5.97 Å². The summed E-state index contributed by atoms with van der Waals surface area (Å²) in [6.07, 6.45) is 5.84. The van der Waals surface area contributed by atoms with Crippen LogP contribution in [0.25, 0.3) is 0 Å². The number of carbonyl (C=O) groups excluding carboxylic acids is 1. The van der Waals surface area contributed by atoms with Crippen LogP contribution in [-0.2, 0) is 14.3 Å². The molecule has 4 fully saturated rings. The van der Waals surface area contributed by atoms with Gasteiger partial charge in [-0.25, -0.2) is 0 Å². The third kappa shape index (κ3) is 2.53. The molecule has 1 N–H and O–H groups in total. The van der Waals surface area contributed by atoms with E-state index < -0.39 is 0 Å². The molecule has 7 unspecified atom stereocenters. The van der Waals surface area contributed by atoms with E-state index in [1.54, 1.807) is 0 Å². The minimum absolute atomic E-state index is 0.00272. The number of aliphatic hydroxyl groups excluding tert-OH is 1. The maximum atomic E-state index is 12.5. The summed E-state index contributed by atoms with van der Waals surface area (Å²) in [5.41, 5.74) is -0.298. The summed E-state index contributed by atoms with van der Waals surface area (Å²) in [5, 5.41) is 10.7. The Bertz CT molecular complexity index is 488. The Morgan fingerprint density at radius 1 is 1.09 bits per heavy atom. The Morgan fingerprint density at radius 2 is 1.83 bits per heavy atom. The van der Waals surface area contributed by atoms with E-state index in [0.29, 0.717) is 18.3 Å². The number of fused-ring (bicyclic) bond motifs is 4. The molecule has 2 saturated carbocycles. The van der Waals surface area contributed by atoms with Gasteiger partial charge in [0, 0.05) is 24.2 Å². The minimum atomic E-state index is -0.299. The van der Waals surface area contributed by atoms with Crippen LogP contribution in [0.2, 0.25) is 0 Å². The fourth-order valence-electron chi connectivity index (χ4n) is 5.99. The number of aliphatic hydroxyl groups is 1. The highest BCUT2D eigenvalue weighted by Gasteiger charge is 2.57. The van der Waals surface area contributed by atoms with Gasteiger partial charge >= 0.3 is 5.97 Å². The summed E-state index contributed by atoms with van der Waals surface area (Å²) in [5.74, 6) is 1.36. The van der Waals surface area contributed by atoms with E-state index in [1.165, 1.54) is 6.42 Å². The first-order chi connectivity index (χ1) is 10.9. The predicted octanol–water partition coefficient (Wildman–Crippen LogP) is 2.92. The second-order valence-electron chi connectivity index (χ2n) is 8.99. The topological polar surface area (TPSA) is 55.8 Å². The van der Waals surface area contributed by atoms with Crippen LogP contribution in [-0.4, -0.2) is 35.0 Å². The van der Waals surface area contributed by atoms with Crippen molar-refractivity contribution in [1.82, 2.24) is 0 Å². The van der Waals surface area contributed by atoms with Gasteiger partial charge in [0.05, 0.1) is 23.7 Å². The molecule has 2 aliphatic heterocycles. The van der Waals surface area contributed by atoms with E-state index in [2.05, 4.69) is 20.8 Å². The second kappa shape index (κ2) is 5.45. The molecule has 4 heteroatoms. The van der Waals surface area contributed by atoms with Crippen molar-refractivity contribution in [2.75, 3.05) is 0 Å². The highest BCUT2D eigenvalue weighted by atomic mass is 16.6. The molecular weight excluding hydrogens is 292 g/mol. The van der Waals surface area contributed by atoms with Crippen molar-refractivity contribution < 1.29 is 19.4 Å². The molecule has 0 aromatic heterocycles. The molecule has 4 nitrogen and oxygen atoms in total. The molecule has 4 rings (SSSR count). The molecule has 0 amide bonds. The molecule has 0 aromatic rings. The Hall–Kier alpha value is -0.610. The number of carbonyl (C=O) groups is 1. The Kier molecular flexibility index (Phi) is 3.77. The van der Waals surface area contributed by atoms with Gasteiger partial charge in [0.15, 0.2) is 0 Å². The highest BCUT2D eigenvalue weighted by molar-refractivity contribution is 5.74. The molecule has 0 bridgehead atoms. The molecule has 2 saturated heterocycles. The number of hydrogen-bond acceptors (Lipinski definition) is 4. The van der Waals surface area contributed by atoms with Gasteiger partial charge < -0.3 is 14.6 Å². The monoisotopic (exact) mass is 322 g/mol. The standard InChI is InChI=1S/C19H30O4/c1-10-16-13(11-6-4-5-7-12(11)18(21)22-16)8-14-15(20)9-19(2,3)23-17(10)14/h10-17,20H,4-9H2,1-3H3/t10?,11?,12?,13?,14?,15-,16?,17?/m1/s1. The van der Waals surface area contributed by atoms with E-state index in [0.717, 1.165) is 25.7 Å². The van der Waals surface area contributed by atoms with Crippen molar-refractivity contribution in [2.45, 2.75) is 83.2 Å². The van der Waals surface area contributed by atoms with E-state index in [4.69, 9.17) is 9.47 Å². The third-order valence-corrected chi connectivity index (χ3v) is 7.00. The molecule has 4 aliphatic rings. The normalized spacial score (nSPS) is 51.9. The summed E-state index contributed by atoms with van der Waals surface area (Å²) in [4.78, 5) is 12.5. The Morgan fingerprint density at radius 3 is 2.61 bits per heavy atom. The summed E-state index contributed by atoms with van der Waals surface area (Å²) >= 11 is 0. The molecule has 23 heavy (non-hydrogen) atoms. The molecule has 2 heterocycles. The first kappa shape index (κ1) is 15.9. The average molecular weight is 322 g/mol. The Balaban J connectivity index is 1.62. The van der Waals surface area contributed by atoms with Crippen LogP contribution in [0.1, 0.15) is 59.3 Å². The predicted molar refractivity (Wildman–Crippen MR) is 85.7 cm³/mol. The van der Waals surface area contributed by atoms with Crippen molar-refractivity contribution in [3.05, 3.63) is 0 Å². The molecule has 8 atom stereocenters. The molecule has 0 radical (unpaired) electrons. The van der Waals surface area contributed by atoms with Crippen LogP contribution < -0.4 is 0 Å².